The van der Waals surface area contributed by atoms with Crippen LogP contribution in [0.5, 0.6) is 0 Å². The van der Waals surface area contributed by atoms with E-state index in [2.05, 4.69) is 69.8 Å². The fourth-order valence-electron chi connectivity index (χ4n) is 9.21. The number of nitriles is 3. The highest BCUT2D eigenvalue weighted by Gasteiger charge is 2.24. The first-order chi connectivity index (χ1) is 28.6. The summed E-state index contributed by atoms with van der Waals surface area (Å²) in [6.45, 7) is 0. The molecule has 0 radical (unpaired) electrons. The molecule has 0 spiro atoms. The molecule has 12 rings (SSSR count). The van der Waals surface area contributed by atoms with Gasteiger partial charge in [0.25, 0.3) is 0 Å². The van der Waals surface area contributed by atoms with Crippen molar-refractivity contribution in [2.45, 2.75) is 0 Å². The predicted octanol–water partition coefficient (Wildman–Crippen LogP) is 13.0. The first-order valence-electron chi connectivity index (χ1n) is 18.8. The van der Waals surface area contributed by atoms with E-state index in [9.17, 15) is 15.8 Å². The average Bonchev–Trinajstić information content (AvgIpc) is 4.02. The molecule has 0 amide bonds. The standard InChI is InChI=1S/C51H25N5O2/c52-26-29-21-31(28-54)51(56-41-13-5-1-9-34(41)38-25-48-39(24-44(38)56)35-10-3-7-15-45(35)58-48)40(22-29)33-18-17-32(23-30(33)27-53)55-42-14-6-2-11-36(42)49-43(55)19-20-47-50(49)37-12-4-8-16-46(37)57-47/h1-25H. The van der Waals surface area contributed by atoms with Crippen LogP contribution in [-0.2, 0) is 0 Å². The first kappa shape index (κ1) is 31.7. The monoisotopic (exact) mass is 739 g/mol. The molecular weight excluding hydrogens is 715 g/mol. The van der Waals surface area contributed by atoms with E-state index in [4.69, 9.17) is 8.83 Å². The van der Waals surface area contributed by atoms with E-state index < -0.39 is 0 Å². The minimum Gasteiger partial charge on any atom is -0.456 e. The van der Waals surface area contributed by atoms with Crippen LogP contribution in [0.1, 0.15) is 16.7 Å². The van der Waals surface area contributed by atoms with Crippen LogP contribution in [0, 0.1) is 34.0 Å². The summed E-state index contributed by atoms with van der Waals surface area (Å²) in [5.74, 6) is 0. The molecule has 7 nitrogen and oxygen atoms in total. The molecule has 0 unspecified atom stereocenters. The Hall–Kier alpha value is -8.57. The van der Waals surface area contributed by atoms with Crippen LogP contribution < -0.4 is 0 Å². The minimum absolute atomic E-state index is 0.320. The molecule has 0 bridgehead atoms. The van der Waals surface area contributed by atoms with Crippen molar-refractivity contribution in [1.82, 2.24) is 9.13 Å². The van der Waals surface area contributed by atoms with Gasteiger partial charge in [-0.05, 0) is 72.8 Å². The number of rotatable bonds is 3. The van der Waals surface area contributed by atoms with Crippen LogP contribution in [0.15, 0.2) is 160 Å². The lowest BCUT2D eigenvalue weighted by molar-refractivity contribution is 0.669. The molecule has 266 valence electrons. The van der Waals surface area contributed by atoms with Crippen LogP contribution >= 0.6 is 0 Å². The zero-order chi connectivity index (χ0) is 38.6. The van der Waals surface area contributed by atoms with Gasteiger partial charge in [-0.15, -0.1) is 0 Å². The summed E-state index contributed by atoms with van der Waals surface area (Å²) in [5.41, 5.74) is 10.6. The van der Waals surface area contributed by atoms with Gasteiger partial charge in [0.2, 0.25) is 0 Å². The molecule has 0 aliphatic rings. The molecule has 0 fully saturated rings. The van der Waals surface area contributed by atoms with Gasteiger partial charge < -0.3 is 18.0 Å². The molecule has 58 heavy (non-hydrogen) atoms. The van der Waals surface area contributed by atoms with Crippen molar-refractivity contribution in [2.75, 3.05) is 0 Å². The molecule has 0 aliphatic carbocycles. The van der Waals surface area contributed by atoms with Gasteiger partial charge in [-0.1, -0.05) is 78.9 Å². The quantitative estimate of drug-likeness (QED) is 0.179. The fourth-order valence-corrected chi connectivity index (χ4v) is 9.21. The molecule has 0 aliphatic heterocycles. The Morgan fingerprint density at radius 1 is 0.379 bits per heavy atom. The van der Waals surface area contributed by atoms with Gasteiger partial charge >= 0.3 is 0 Å². The van der Waals surface area contributed by atoms with Crippen LogP contribution in [-0.4, -0.2) is 9.13 Å². The van der Waals surface area contributed by atoms with E-state index in [1.807, 2.05) is 97.1 Å². The predicted molar refractivity (Wildman–Crippen MR) is 229 cm³/mol. The molecule has 0 atom stereocenters. The van der Waals surface area contributed by atoms with E-state index in [1.165, 1.54) is 0 Å². The highest BCUT2D eigenvalue weighted by Crippen LogP contribution is 2.44. The van der Waals surface area contributed by atoms with Crippen molar-refractivity contribution < 1.29 is 8.83 Å². The van der Waals surface area contributed by atoms with Crippen LogP contribution in [0.2, 0.25) is 0 Å². The molecule has 4 heterocycles. The molecule has 7 heteroatoms. The van der Waals surface area contributed by atoms with E-state index in [1.54, 1.807) is 12.1 Å². The van der Waals surface area contributed by atoms with E-state index in [0.29, 0.717) is 33.5 Å². The summed E-state index contributed by atoms with van der Waals surface area (Å²) in [6, 6.07) is 57.2. The number of benzene rings is 8. The number of hydrogen-bond acceptors (Lipinski definition) is 5. The zero-order valence-electron chi connectivity index (χ0n) is 30.5. The lowest BCUT2D eigenvalue weighted by atomic mass is 9.93. The smallest absolute Gasteiger partial charge is 0.136 e. The van der Waals surface area contributed by atoms with Gasteiger partial charge in [0.05, 0.1) is 56.6 Å². The third-order valence-electron chi connectivity index (χ3n) is 11.6. The molecule has 12 aromatic rings. The normalized spacial score (nSPS) is 11.7. The summed E-state index contributed by atoms with van der Waals surface area (Å²) >= 11 is 0. The lowest BCUT2D eigenvalue weighted by Crippen LogP contribution is -2.03. The second-order valence-electron chi connectivity index (χ2n) is 14.6. The summed E-state index contributed by atoms with van der Waals surface area (Å²) in [4.78, 5) is 0. The van der Waals surface area contributed by atoms with Crippen molar-refractivity contribution >= 4 is 87.5 Å². The Kier molecular flexibility index (Phi) is 6.41. The van der Waals surface area contributed by atoms with Crippen molar-refractivity contribution in [3.05, 3.63) is 168 Å². The van der Waals surface area contributed by atoms with E-state index in [0.717, 1.165) is 93.2 Å². The van der Waals surface area contributed by atoms with E-state index >= 15 is 0 Å². The Morgan fingerprint density at radius 2 is 1.05 bits per heavy atom. The zero-order valence-corrected chi connectivity index (χ0v) is 30.5. The fraction of sp³-hybridized carbons (Fsp3) is 0. The minimum atomic E-state index is 0.320. The Bertz CT molecular complexity index is 3910. The van der Waals surface area contributed by atoms with Crippen molar-refractivity contribution in [1.29, 1.82) is 15.8 Å². The Balaban J connectivity index is 1.14. The number of para-hydroxylation sites is 4. The topological polar surface area (TPSA) is 108 Å². The van der Waals surface area contributed by atoms with Gasteiger partial charge in [0.1, 0.15) is 28.4 Å². The SMILES string of the molecule is N#Cc1cc(C#N)c(-n2c3ccccc3c3cc4oc5ccccc5c4cc32)c(-c2ccc(-n3c4ccccc4c4c5c(ccc43)oc3ccccc35)cc2C#N)c1. The third kappa shape index (κ3) is 4.23. The molecule has 0 N–H and O–H groups in total. The second kappa shape index (κ2) is 11.7. The number of furan rings is 2. The number of nitrogens with zero attached hydrogens (tertiary/aromatic N) is 5. The van der Waals surface area contributed by atoms with Crippen molar-refractivity contribution in [3.63, 3.8) is 0 Å². The first-order valence-corrected chi connectivity index (χ1v) is 18.8. The molecule has 4 aromatic heterocycles. The highest BCUT2D eigenvalue weighted by atomic mass is 16.3. The molecule has 0 saturated carbocycles. The van der Waals surface area contributed by atoms with Gasteiger partial charge in [-0.2, -0.15) is 15.8 Å². The van der Waals surface area contributed by atoms with Crippen molar-refractivity contribution in [3.8, 4) is 40.7 Å². The maximum Gasteiger partial charge on any atom is 0.136 e. The third-order valence-corrected chi connectivity index (χ3v) is 11.6. The van der Waals surface area contributed by atoms with Gasteiger partial charge in [-0.3, -0.25) is 0 Å². The molecular formula is C51H25N5O2. The Labute approximate surface area is 329 Å². The van der Waals surface area contributed by atoms with E-state index in [-0.39, 0.29) is 0 Å². The molecule has 8 aromatic carbocycles. The van der Waals surface area contributed by atoms with Crippen molar-refractivity contribution in [2.24, 2.45) is 0 Å². The summed E-state index contributed by atoms with van der Waals surface area (Å²) in [5, 5.41) is 40.1. The van der Waals surface area contributed by atoms with Gasteiger partial charge in [0.15, 0.2) is 0 Å². The Morgan fingerprint density at radius 3 is 1.83 bits per heavy atom. The largest absolute Gasteiger partial charge is 0.456 e. The average molecular weight is 740 g/mol. The van der Waals surface area contributed by atoms with Gasteiger partial charge in [-0.25, -0.2) is 0 Å². The maximum atomic E-state index is 11.0. The maximum absolute atomic E-state index is 11.0. The lowest BCUT2D eigenvalue weighted by Gasteiger charge is -2.18. The second-order valence-corrected chi connectivity index (χ2v) is 14.6. The van der Waals surface area contributed by atoms with Crippen LogP contribution in [0.4, 0.5) is 0 Å². The molecule has 0 saturated heterocycles. The number of hydrogen-bond donors (Lipinski definition) is 0. The highest BCUT2D eigenvalue weighted by molar-refractivity contribution is 6.27. The summed E-state index contributed by atoms with van der Waals surface area (Å²) < 4.78 is 16.9. The summed E-state index contributed by atoms with van der Waals surface area (Å²) in [6.07, 6.45) is 0. The summed E-state index contributed by atoms with van der Waals surface area (Å²) in [7, 11) is 0. The number of aromatic nitrogens is 2. The number of fused-ring (bicyclic) bond motifs is 13. The van der Waals surface area contributed by atoms with Crippen LogP contribution in [0.3, 0.4) is 0 Å². The van der Waals surface area contributed by atoms with Crippen LogP contribution in [0.25, 0.3) is 110 Å². The van der Waals surface area contributed by atoms with Gasteiger partial charge in [0, 0.05) is 59.9 Å².